The van der Waals surface area contributed by atoms with Crippen molar-refractivity contribution >= 4 is 17.3 Å². The second kappa shape index (κ2) is 7.06. The molecule has 4 heteroatoms. The number of thiophene rings is 1. The van der Waals surface area contributed by atoms with Crippen LogP contribution in [0.25, 0.3) is 0 Å². The van der Waals surface area contributed by atoms with Crippen molar-refractivity contribution in [2.75, 3.05) is 6.54 Å². The lowest BCUT2D eigenvalue weighted by Crippen LogP contribution is -2.43. The zero-order valence-corrected chi connectivity index (χ0v) is 13.2. The summed E-state index contributed by atoms with van der Waals surface area (Å²) < 4.78 is 0. The molecule has 0 aliphatic heterocycles. The van der Waals surface area contributed by atoms with Crippen molar-refractivity contribution in [2.45, 2.75) is 53.1 Å². The van der Waals surface area contributed by atoms with E-state index in [9.17, 15) is 9.90 Å². The van der Waals surface area contributed by atoms with Crippen LogP contribution in [-0.4, -0.2) is 28.6 Å². The number of hydrogen-bond donors (Lipinski definition) is 1. The van der Waals surface area contributed by atoms with Crippen molar-refractivity contribution in [2.24, 2.45) is 5.41 Å². The van der Waals surface area contributed by atoms with Crippen LogP contribution in [0.5, 0.6) is 0 Å². The van der Waals surface area contributed by atoms with Gasteiger partial charge in [0.2, 0.25) is 0 Å². The lowest BCUT2D eigenvalue weighted by molar-refractivity contribution is -0.150. The van der Waals surface area contributed by atoms with Gasteiger partial charge in [0.05, 0.1) is 5.41 Å². The molecule has 0 spiro atoms. The van der Waals surface area contributed by atoms with E-state index < -0.39 is 11.4 Å². The third-order valence-electron chi connectivity index (χ3n) is 3.54. The molecule has 1 aromatic rings. The highest BCUT2D eigenvalue weighted by atomic mass is 32.1. The van der Waals surface area contributed by atoms with E-state index >= 15 is 0 Å². The maximum absolute atomic E-state index is 11.5. The van der Waals surface area contributed by atoms with Gasteiger partial charge in [0, 0.05) is 24.0 Å². The fraction of sp³-hybridized carbons (Fsp3) is 0.667. The molecule has 0 aromatic carbocycles. The summed E-state index contributed by atoms with van der Waals surface area (Å²) in [6.07, 6.45) is 1.61. The van der Waals surface area contributed by atoms with Gasteiger partial charge in [0.1, 0.15) is 0 Å². The molecule has 0 bridgehead atoms. The Morgan fingerprint density at radius 2 is 2.21 bits per heavy atom. The van der Waals surface area contributed by atoms with E-state index in [1.54, 1.807) is 11.3 Å². The van der Waals surface area contributed by atoms with Crippen molar-refractivity contribution in [1.29, 1.82) is 0 Å². The van der Waals surface area contributed by atoms with Crippen LogP contribution in [0.2, 0.25) is 0 Å². The first-order valence-corrected chi connectivity index (χ1v) is 7.77. The maximum atomic E-state index is 11.5. The first-order valence-electron chi connectivity index (χ1n) is 6.89. The molecule has 0 radical (unpaired) electrons. The van der Waals surface area contributed by atoms with Gasteiger partial charge in [-0.2, -0.15) is 0 Å². The molecule has 1 N–H and O–H groups in total. The van der Waals surface area contributed by atoms with Gasteiger partial charge in [0.25, 0.3) is 0 Å². The molecule has 1 unspecified atom stereocenters. The Hall–Kier alpha value is -0.870. The van der Waals surface area contributed by atoms with Gasteiger partial charge in [-0.15, -0.1) is 11.3 Å². The Morgan fingerprint density at radius 1 is 1.53 bits per heavy atom. The topological polar surface area (TPSA) is 40.5 Å². The molecule has 1 aromatic heterocycles. The Morgan fingerprint density at radius 3 is 2.63 bits per heavy atom. The van der Waals surface area contributed by atoms with Gasteiger partial charge in [0.15, 0.2) is 0 Å². The molecule has 3 nitrogen and oxygen atoms in total. The molecular weight excluding hydrogens is 258 g/mol. The summed E-state index contributed by atoms with van der Waals surface area (Å²) >= 11 is 1.73. The first-order chi connectivity index (χ1) is 8.89. The van der Waals surface area contributed by atoms with E-state index in [4.69, 9.17) is 0 Å². The van der Waals surface area contributed by atoms with E-state index in [1.165, 1.54) is 4.88 Å². The smallest absolute Gasteiger partial charge is 0.310 e. The van der Waals surface area contributed by atoms with Crippen molar-refractivity contribution in [3.8, 4) is 0 Å². The van der Waals surface area contributed by atoms with Gasteiger partial charge in [-0.05, 0) is 38.6 Å². The molecule has 108 valence electrons. The SMILES string of the molecule is CCCC(C)(CN(Cc1cccs1)C(C)C)C(=O)O. The molecular formula is C15H25NO2S. The number of carbonyl (C=O) groups is 1. The van der Waals surface area contributed by atoms with Gasteiger partial charge in [-0.3, -0.25) is 9.69 Å². The third-order valence-corrected chi connectivity index (χ3v) is 4.40. The molecule has 0 aliphatic rings. The van der Waals surface area contributed by atoms with E-state index in [1.807, 2.05) is 19.9 Å². The molecule has 0 amide bonds. The Balaban J connectivity index is 2.79. The van der Waals surface area contributed by atoms with Gasteiger partial charge in [-0.25, -0.2) is 0 Å². The van der Waals surface area contributed by atoms with Gasteiger partial charge < -0.3 is 5.11 Å². The molecule has 19 heavy (non-hydrogen) atoms. The highest BCUT2D eigenvalue weighted by Crippen LogP contribution is 2.27. The average molecular weight is 283 g/mol. The summed E-state index contributed by atoms with van der Waals surface area (Å²) in [4.78, 5) is 15.1. The van der Waals surface area contributed by atoms with Gasteiger partial charge >= 0.3 is 5.97 Å². The lowest BCUT2D eigenvalue weighted by atomic mass is 9.84. The van der Waals surface area contributed by atoms with Crippen LogP contribution in [0.15, 0.2) is 17.5 Å². The van der Waals surface area contributed by atoms with Crippen LogP contribution in [0.1, 0.15) is 45.4 Å². The molecule has 0 fully saturated rings. The van der Waals surface area contributed by atoms with Crippen LogP contribution >= 0.6 is 11.3 Å². The predicted octanol–water partition coefficient (Wildman–Crippen LogP) is 3.85. The lowest BCUT2D eigenvalue weighted by Gasteiger charge is -2.34. The number of nitrogens with zero attached hydrogens (tertiary/aromatic N) is 1. The van der Waals surface area contributed by atoms with Crippen molar-refractivity contribution < 1.29 is 9.90 Å². The zero-order chi connectivity index (χ0) is 14.5. The quantitative estimate of drug-likeness (QED) is 0.788. The van der Waals surface area contributed by atoms with Crippen LogP contribution in [-0.2, 0) is 11.3 Å². The van der Waals surface area contributed by atoms with Gasteiger partial charge in [-0.1, -0.05) is 19.4 Å². The van der Waals surface area contributed by atoms with Crippen molar-refractivity contribution in [3.63, 3.8) is 0 Å². The average Bonchev–Trinajstić information content (AvgIpc) is 2.81. The van der Waals surface area contributed by atoms with Crippen LogP contribution < -0.4 is 0 Å². The Kier molecular flexibility index (Phi) is 6.01. The van der Waals surface area contributed by atoms with Crippen LogP contribution in [0.3, 0.4) is 0 Å². The fourth-order valence-corrected chi connectivity index (χ4v) is 3.01. The fourth-order valence-electron chi connectivity index (χ4n) is 2.28. The van der Waals surface area contributed by atoms with Crippen molar-refractivity contribution in [1.82, 2.24) is 4.90 Å². The number of carboxylic acid groups (broad SMARTS) is 1. The maximum Gasteiger partial charge on any atom is 0.310 e. The summed E-state index contributed by atoms with van der Waals surface area (Å²) in [5.41, 5.74) is -0.656. The summed E-state index contributed by atoms with van der Waals surface area (Å²) in [6, 6.07) is 4.50. The molecule has 0 aliphatic carbocycles. The molecule has 1 atom stereocenters. The minimum absolute atomic E-state index is 0.345. The first kappa shape index (κ1) is 16.2. The van der Waals surface area contributed by atoms with E-state index in [2.05, 4.69) is 30.2 Å². The number of hydrogen-bond acceptors (Lipinski definition) is 3. The second-order valence-electron chi connectivity index (χ2n) is 5.69. The predicted molar refractivity (Wildman–Crippen MR) is 80.5 cm³/mol. The zero-order valence-electron chi connectivity index (χ0n) is 12.3. The Labute approximate surface area is 120 Å². The Bertz CT molecular complexity index is 389. The normalized spacial score (nSPS) is 14.8. The molecule has 1 rings (SSSR count). The van der Waals surface area contributed by atoms with E-state index in [0.717, 1.165) is 19.4 Å². The standard InChI is InChI=1S/C15H25NO2S/c1-5-8-15(4,14(17)18)11-16(12(2)3)10-13-7-6-9-19-13/h6-7,9,12H,5,8,10-11H2,1-4H3,(H,17,18). The number of carboxylic acids is 1. The minimum Gasteiger partial charge on any atom is -0.481 e. The van der Waals surface area contributed by atoms with Crippen LogP contribution in [0, 0.1) is 5.41 Å². The van der Waals surface area contributed by atoms with E-state index in [0.29, 0.717) is 12.6 Å². The molecule has 0 saturated heterocycles. The highest BCUT2D eigenvalue weighted by Gasteiger charge is 2.34. The van der Waals surface area contributed by atoms with E-state index in [-0.39, 0.29) is 0 Å². The molecule has 0 saturated carbocycles. The number of aliphatic carboxylic acids is 1. The van der Waals surface area contributed by atoms with Crippen molar-refractivity contribution in [3.05, 3.63) is 22.4 Å². The summed E-state index contributed by atoms with van der Waals surface area (Å²) in [7, 11) is 0. The summed E-state index contributed by atoms with van der Waals surface area (Å²) in [6.45, 7) is 9.60. The minimum atomic E-state index is -0.689. The van der Waals surface area contributed by atoms with Crippen LogP contribution in [0.4, 0.5) is 0 Å². The highest BCUT2D eigenvalue weighted by molar-refractivity contribution is 7.09. The number of rotatable bonds is 8. The third kappa shape index (κ3) is 4.62. The monoisotopic (exact) mass is 283 g/mol. The second-order valence-corrected chi connectivity index (χ2v) is 6.73. The summed E-state index contributed by atoms with van der Waals surface area (Å²) in [5, 5.41) is 11.6. The molecule has 1 heterocycles. The summed E-state index contributed by atoms with van der Waals surface area (Å²) in [5.74, 6) is -0.689. The largest absolute Gasteiger partial charge is 0.481 e.